The first-order chi connectivity index (χ1) is 34.5. The molecule has 3 N–H and O–H groups in total. The van der Waals surface area contributed by atoms with Crippen LogP contribution in [-0.4, -0.2) is 47.4 Å². The first-order valence-electron chi connectivity index (χ1n) is 31.9. The van der Waals surface area contributed by atoms with Crippen molar-refractivity contribution in [3.63, 3.8) is 0 Å². The highest BCUT2D eigenvalue weighted by Gasteiger charge is 2.20. The minimum atomic E-state index is -0.661. The second-order valence-corrected chi connectivity index (χ2v) is 22.1. The highest BCUT2D eigenvalue weighted by Crippen LogP contribution is 2.18. The predicted molar refractivity (Wildman–Crippen MR) is 306 cm³/mol. The number of aliphatic hydroxyl groups is 2. The Hall–Kier alpha value is -1.40. The number of hydrogen-bond donors (Lipinski definition) is 3. The van der Waals surface area contributed by atoms with Crippen LogP contribution in [0.1, 0.15) is 361 Å². The van der Waals surface area contributed by atoms with Crippen LogP contribution in [0.3, 0.4) is 0 Å². The van der Waals surface area contributed by atoms with Crippen molar-refractivity contribution in [1.29, 1.82) is 0 Å². The maximum Gasteiger partial charge on any atom is 0.305 e. The van der Waals surface area contributed by atoms with E-state index in [0.29, 0.717) is 25.9 Å². The van der Waals surface area contributed by atoms with Crippen molar-refractivity contribution in [2.75, 3.05) is 13.2 Å². The molecule has 6 nitrogen and oxygen atoms in total. The van der Waals surface area contributed by atoms with Crippen LogP contribution in [-0.2, 0) is 14.3 Å². The van der Waals surface area contributed by atoms with Crippen molar-refractivity contribution >= 4 is 11.9 Å². The number of rotatable bonds is 60. The van der Waals surface area contributed by atoms with Crippen LogP contribution in [0.15, 0.2) is 12.2 Å². The Morgan fingerprint density at radius 2 is 0.671 bits per heavy atom. The second kappa shape index (κ2) is 60.2. The van der Waals surface area contributed by atoms with Crippen LogP contribution < -0.4 is 5.32 Å². The van der Waals surface area contributed by atoms with E-state index in [-0.39, 0.29) is 18.5 Å². The van der Waals surface area contributed by atoms with Crippen LogP contribution >= 0.6 is 0 Å². The number of unbranched alkanes of at least 4 members (excludes halogenated alkanes) is 47. The van der Waals surface area contributed by atoms with Crippen LogP contribution in [0.2, 0.25) is 0 Å². The molecule has 2 unspecified atom stereocenters. The van der Waals surface area contributed by atoms with Gasteiger partial charge in [-0.3, -0.25) is 9.59 Å². The molecule has 0 fully saturated rings. The van der Waals surface area contributed by atoms with E-state index in [1.165, 1.54) is 283 Å². The first kappa shape index (κ1) is 68.6. The zero-order chi connectivity index (χ0) is 50.7. The van der Waals surface area contributed by atoms with E-state index in [4.69, 9.17) is 4.74 Å². The number of aliphatic hydroxyl groups excluding tert-OH is 2. The topological polar surface area (TPSA) is 95.9 Å². The summed E-state index contributed by atoms with van der Waals surface area (Å²) < 4.78 is 5.50. The van der Waals surface area contributed by atoms with E-state index in [1.54, 1.807) is 0 Å². The molecule has 2 atom stereocenters. The molecule has 0 aliphatic rings. The van der Waals surface area contributed by atoms with Crippen LogP contribution in [0.4, 0.5) is 0 Å². The van der Waals surface area contributed by atoms with Gasteiger partial charge in [0.15, 0.2) is 0 Å². The summed E-state index contributed by atoms with van der Waals surface area (Å²) in [6.45, 7) is 4.96. The van der Waals surface area contributed by atoms with E-state index < -0.39 is 12.1 Å². The smallest absolute Gasteiger partial charge is 0.305 e. The van der Waals surface area contributed by atoms with Gasteiger partial charge in [0.1, 0.15) is 0 Å². The molecule has 0 bridgehead atoms. The molecule has 0 aliphatic heterocycles. The third kappa shape index (κ3) is 55.9. The lowest BCUT2D eigenvalue weighted by molar-refractivity contribution is -0.143. The third-order valence-electron chi connectivity index (χ3n) is 15.1. The summed E-state index contributed by atoms with van der Waals surface area (Å²) in [6.07, 6.45) is 72.4. The normalized spacial score (nSPS) is 12.6. The lowest BCUT2D eigenvalue weighted by Gasteiger charge is -2.22. The maximum atomic E-state index is 12.4. The Kier molecular flexibility index (Phi) is 59.0. The number of esters is 1. The van der Waals surface area contributed by atoms with Gasteiger partial charge in [0.2, 0.25) is 5.91 Å². The first-order valence-corrected chi connectivity index (χ1v) is 31.9. The minimum absolute atomic E-state index is 0.0137. The van der Waals surface area contributed by atoms with Gasteiger partial charge < -0.3 is 20.3 Å². The largest absolute Gasteiger partial charge is 0.466 e. The molecule has 0 aromatic rings. The molecule has 0 radical (unpaired) electrons. The Bertz CT molecular complexity index is 1050. The van der Waals surface area contributed by atoms with E-state index in [2.05, 4.69) is 31.3 Å². The monoisotopic (exact) mass is 988 g/mol. The van der Waals surface area contributed by atoms with Crippen molar-refractivity contribution in [1.82, 2.24) is 5.32 Å². The summed E-state index contributed by atoms with van der Waals surface area (Å²) in [5, 5.41) is 23.2. The summed E-state index contributed by atoms with van der Waals surface area (Å²) in [4.78, 5) is 24.5. The summed E-state index contributed by atoms with van der Waals surface area (Å²) in [7, 11) is 0. The fourth-order valence-corrected chi connectivity index (χ4v) is 10.2. The lowest BCUT2D eigenvalue weighted by atomic mass is 10.0. The number of hydrogen-bond acceptors (Lipinski definition) is 5. The maximum absolute atomic E-state index is 12.4. The number of ether oxygens (including phenoxy) is 1. The molecule has 416 valence electrons. The third-order valence-corrected chi connectivity index (χ3v) is 15.1. The van der Waals surface area contributed by atoms with Crippen molar-refractivity contribution < 1.29 is 24.5 Å². The van der Waals surface area contributed by atoms with E-state index in [9.17, 15) is 19.8 Å². The molecule has 0 rings (SSSR count). The minimum Gasteiger partial charge on any atom is -0.466 e. The fraction of sp³-hybridized carbons (Fsp3) is 0.938. The van der Waals surface area contributed by atoms with Gasteiger partial charge in [-0.1, -0.05) is 309 Å². The second-order valence-electron chi connectivity index (χ2n) is 22.1. The number of carbonyl (C=O) groups is 2. The summed E-state index contributed by atoms with van der Waals surface area (Å²) in [5.74, 6) is -0.0188. The molecule has 6 heteroatoms. The van der Waals surface area contributed by atoms with Gasteiger partial charge in [-0.2, -0.15) is 0 Å². The molecule has 0 saturated carbocycles. The number of amides is 1. The Morgan fingerprint density at radius 1 is 0.386 bits per heavy atom. The summed E-state index contributed by atoms with van der Waals surface area (Å²) >= 11 is 0. The molecule has 0 aromatic heterocycles. The SMILES string of the molecule is CCCCCCCC/C=C\CCCCCCCCCC(=O)OCCCCCCCCCCCCCCCCCCCCCCCCCCCC(=O)NC(CO)C(O)CCCCCCCCCCCCC. The number of allylic oxidation sites excluding steroid dienone is 2. The van der Waals surface area contributed by atoms with Gasteiger partial charge in [0, 0.05) is 12.8 Å². The number of carbonyl (C=O) groups excluding carboxylic acids is 2. The zero-order valence-electron chi connectivity index (χ0n) is 47.5. The van der Waals surface area contributed by atoms with Gasteiger partial charge in [-0.25, -0.2) is 0 Å². The molecule has 0 spiro atoms. The van der Waals surface area contributed by atoms with Crippen LogP contribution in [0.25, 0.3) is 0 Å². The van der Waals surface area contributed by atoms with E-state index in [0.717, 1.165) is 44.9 Å². The standard InChI is InChI=1S/C64H125NO5/c1-3-5-7-9-11-13-15-16-17-27-31-34-38-42-46-50-54-58-64(69)70-59-55-51-47-43-39-35-32-29-26-24-22-20-18-19-21-23-25-28-30-33-37-41-45-49-53-57-63(68)65-61(60-66)62(67)56-52-48-44-40-36-14-12-10-8-6-4-2/h16-17,61-62,66-67H,3-15,18-60H2,1-2H3,(H,65,68)/b17-16-. The van der Waals surface area contributed by atoms with Gasteiger partial charge in [-0.15, -0.1) is 0 Å². The van der Waals surface area contributed by atoms with Crippen LogP contribution in [0, 0.1) is 0 Å². The van der Waals surface area contributed by atoms with Gasteiger partial charge in [-0.05, 0) is 51.4 Å². The molecule has 0 aliphatic carbocycles. The zero-order valence-corrected chi connectivity index (χ0v) is 47.5. The molecule has 0 aromatic carbocycles. The van der Waals surface area contributed by atoms with Crippen molar-refractivity contribution in [2.45, 2.75) is 373 Å². The lowest BCUT2D eigenvalue weighted by Crippen LogP contribution is -2.45. The average Bonchev–Trinajstić information content (AvgIpc) is 3.36. The van der Waals surface area contributed by atoms with Crippen molar-refractivity contribution in [2.24, 2.45) is 0 Å². The van der Waals surface area contributed by atoms with Gasteiger partial charge in [0.05, 0.1) is 25.4 Å². The Balaban J connectivity index is 3.32. The fourth-order valence-electron chi connectivity index (χ4n) is 10.2. The van der Waals surface area contributed by atoms with Crippen molar-refractivity contribution in [3.8, 4) is 0 Å². The Morgan fingerprint density at radius 3 is 1.01 bits per heavy atom. The summed E-state index contributed by atoms with van der Waals surface area (Å²) in [6, 6.07) is -0.538. The molecule has 70 heavy (non-hydrogen) atoms. The predicted octanol–water partition coefficient (Wildman–Crippen LogP) is 20.0. The highest BCUT2D eigenvalue weighted by molar-refractivity contribution is 5.76. The highest BCUT2D eigenvalue weighted by atomic mass is 16.5. The van der Waals surface area contributed by atoms with Crippen LogP contribution in [0.5, 0.6) is 0 Å². The van der Waals surface area contributed by atoms with Crippen molar-refractivity contribution in [3.05, 3.63) is 12.2 Å². The van der Waals surface area contributed by atoms with Gasteiger partial charge >= 0.3 is 5.97 Å². The Labute approximate surface area is 438 Å². The summed E-state index contributed by atoms with van der Waals surface area (Å²) in [5.41, 5.74) is 0. The molecule has 1 amide bonds. The van der Waals surface area contributed by atoms with Gasteiger partial charge in [0.25, 0.3) is 0 Å². The molecule has 0 saturated heterocycles. The number of nitrogens with one attached hydrogen (secondary N) is 1. The van der Waals surface area contributed by atoms with E-state index >= 15 is 0 Å². The molecular weight excluding hydrogens is 863 g/mol. The van der Waals surface area contributed by atoms with E-state index in [1.807, 2.05) is 0 Å². The average molecular weight is 989 g/mol. The quantitative estimate of drug-likeness (QED) is 0.0321. The molecule has 0 heterocycles. The molecular formula is C64H125NO5.